The number of amides is 1. The largest absolute Gasteiger partial charge is 0.497 e. The molecule has 2 rings (SSSR count). The molecule has 1 heterocycles. The Kier molecular flexibility index (Phi) is 3.42. The minimum absolute atomic E-state index is 0.0854. The molecule has 0 atom stereocenters. The Balaban J connectivity index is 1.95. The number of nitrogens with zero attached hydrogens (tertiary/aromatic N) is 2. The molecule has 0 radical (unpaired) electrons. The Labute approximate surface area is 103 Å². The number of ether oxygens (including phenoxy) is 1. The number of nitrogen functional groups attached to an aromatic ring is 1. The quantitative estimate of drug-likeness (QED) is 0.721. The molecule has 1 aromatic heterocycles. The molecule has 0 aliphatic rings. The van der Waals surface area contributed by atoms with Crippen molar-refractivity contribution in [3.05, 3.63) is 35.5 Å². The first-order valence-corrected chi connectivity index (χ1v) is 5.28. The molecule has 1 amide bonds. The third-order valence-electron chi connectivity index (χ3n) is 2.40. The van der Waals surface area contributed by atoms with Gasteiger partial charge in [-0.1, -0.05) is 12.1 Å². The van der Waals surface area contributed by atoms with E-state index in [0.717, 1.165) is 11.3 Å². The Morgan fingerprint density at radius 2 is 2.11 bits per heavy atom. The van der Waals surface area contributed by atoms with Crippen molar-refractivity contribution in [2.24, 2.45) is 0 Å². The summed E-state index contributed by atoms with van der Waals surface area (Å²) in [6.07, 6.45) is 0. The second kappa shape index (κ2) is 5.17. The van der Waals surface area contributed by atoms with Crippen molar-refractivity contribution >= 4 is 11.7 Å². The number of anilines is 1. The van der Waals surface area contributed by atoms with Crippen LogP contribution in [0.4, 0.5) is 5.82 Å². The standard InChI is InChI=1S/C11H13N5O2/c1-18-8-4-2-7(3-5-8)6-13-11(17)9-10(12)15-16-14-9/h2-5H,6H2,1H3,(H,13,17)(H3,12,14,15,16). The Bertz CT molecular complexity index is 535. The van der Waals surface area contributed by atoms with Crippen LogP contribution in [0.2, 0.25) is 0 Å². The molecule has 4 N–H and O–H groups in total. The van der Waals surface area contributed by atoms with Gasteiger partial charge in [-0.15, -0.1) is 10.2 Å². The highest BCUT2D eigenvalue weighted by Gasteiger charge is 2.13. The van der Waals surface area contributed by atoms with E-state index in [1.54, 1.807) is 7.11 Å². The Morgan fingerprint density at radius 3 is 2.67 bits per heavy atom. The molecule has 0 aliphatic heterocycles. The number of rotatable bonds is 4. The molecule has 7 nitrogen and oxygen atoms in total. The van der Waals surface area contributed by atoms with E-state index in [9.17, 15) is 4.79 Å². The summed E-state index contributed by atoms with van der Waals surface area (Å²) in [4.78, 5) is 11.7. The molecular formula is C11H13N5O2. The fourth-order valence-corrected chi connectivity index (χ4v) is 1.42. The van der Waals surface area contributed by atoms with Crippen LogP contribution in [0.3, 0.4) is 0 Å². The number of aromatic amines is 1. The van der Waals surface area contributed by atoms with Gasteiger partial charge in [0.2, 0.25) is 0 Å². The summed E-state index contributed by atoms with van der Waals surface area (Å²) >= 11 is 0. The lowest BCUT2D eigenvalue weighted by Gasteiger charge is -2.05. The maximum Gasteiger partial charge on any atom is 0.275 e. The van der Waals surface area contributed by atoms with Gasteiger partial charge in [-0.3, -0.25) is 4.79 Å². The monoisotopic (exact) mass is 247 g/mol. The third-order valence-corrected chi connectivity index (χ3v) is 2.40. The topological polar surface area (TPSA) is 106 Å². The summed E-state index contributed by atoms with van der Waals surface area (Å²) < 4.78 is 5.04. The maximum absolute atomic E-state index is 11.7. The minimum Gasteiger partial charge on any atom is -0.497 e. The zero-order chi connectivity index (χ0) is 13.0. The predicted octanol–water partition coefficient (Wildman–Crippen LogP) is 0.325. The number of H-pyrrole nitrogens is 1. The number of carbonyl (C=O) groups is 1. The summed E-state index contributed by atoms with van der Waals surface area (Å²) in [7, 11) is 1.60. The van der Waals surface area contributed by atoms with E-state index in [1.165, 1.54) is 0 Å². The van der Waals surface area contributed by atoms with Crippen LogP contribution in [-0.2, 0) is 6.54 Å². The van der Waals surface area contributed by atoms with E-state index >= 15 is 0 Å². The van der Waals surface area contributed by atoms with Crippen molar-refractivity contribution in [1.82, 2.24) is 20.7 Å². The number of hydrogen-bond acceptors (Lipinski definition) is 5. The van der Waals surface area contributed by atoms with Crippen LogP contribution >= 0.6 is 0 Å². The van der Waals surface area contributed by atoms with Crippen molar-refractivity contribution in [3.8, 4) is 5.75 Å². The van der Waals surface area contributed by atoms with Crippen LogP contribution in [-0.4, -0.2) is 28.4 Å². The molecule has 7 heteroatoms. The fraction of sp³-hybridized carbons (Fsp3) is 0.182. The summed E-state index contributed by atoms with van der Waals surface area (Å²) in [5, 5.41) is 12.2. The van der Waals surface area contributed by atoms with Gasteiger partial charge in [-0.05, 0) is 17.7 Å². The lowest BCUT2D eigenvalue weighted by molar-refractivity contribution is 0.0947. The van der Waals surface area contributed by atoms with Gasteiger partial charge in [0.15, 0.2) is 11.5 Å². The first-order chi connectivity index (χ1) is 8.70. The highest BCUT2D eigenvalue weighted by atomic mass is 16.5. The van der Waals surface area contributed by atoms with Crippen molar-refractivity contribution in [1.29, 1.82) is 0 Å². The maximum atomic E-state index is 11.7. The summed E-state index contributed by atoms with van der Waals surface area (Å²) in [6, 6.07) is 7.38. The summed E-state index contributed by atoms with van der Waals surface area (Å²) in [5.41, 5.74) is 6.52. The lowest BCUT2D eigenvalue weighted by Crippen LogP contribution is -2.24. The van der Waals surface area contributed by atoms with Gasteiger partial charge >= 0.3 is 0 Å². The fourth-order valence-electron chi connectivity index (χ4n) is 1.42. The normalized spacial score (nSPS) is 10.1. The number of carbonyl (C=O) groups excluding carboxylic acids is 1. The molecule has 0 bridgehead atoms. The van der Waals surface area contributed by atoms with Gasteiger partial charge in [0.25, 0.3) is 5.91 Å². The van der Waals surface area contributed by atoms with Crippen molar-refractivity contribution in [3.63, 3.8) is 0 Å². The van der Waals surface area contributed by atoms with Crippen molar-refractivity contribution < 1.29 is 9.53 Å². The molecule has 2 aromatic rings. The van der Waals surface area contributed by atoms with Gasteiger partial charge in [0.05, 0.1) is 7.11 Å². The van der Waals surface area contributed by atoms with Crippen LogP contribution < -0.4 is 15.8 Å². The lowest BCUT2D eigenvalue weighted by atomic mass is 10.2. The number of aromatic nitrogens is 3. The first kappa shape index (κ1) is 11.9. The highest BCUT2D eigenvalue weighted by Crippen LogP contribution is 2.11. The molecule has 0 unspecified atom stereocenters. The van der Waals surface area contributed by atoms with Gasteiger partial charge < -0.3 is 15.8 Å². The van der Waals surface area contributed by atoms with Crippen molar-refractivity contribution in [2.75, 3.05) is 12.8 Å². The highest BCUT2D eigenvalue weighted by molar-refractivity contribution is 5.96. The smallest absolute Gasteiger partial charge is 0.275 e. The number of nitrogens with one attached hydrogen (secondary N) is 2. The zero-order valence-electron chi connectivity index (χ0n) is 9.80. The van der Waals surface area contributed by atoms with E-state index in [4.69, 9.17) is 10.5 Å². The molecule has 0 spiro atoms. The van der Waals surface area contributed by atoms with Gasteiger partial charge in [-0.2, -0.15) is 5.21 Å². The SMILES string of the molecule is COc1ccc(CNC(=O)c2n[nH]nc2N)cc1. The predicted molar refractivity (Wildman–Crippen MR) is 65.0 cm³/mol. The molecule has 0 aliphatic carbocycles. The summed E-state index contributed by atoms with van der Waals surface area (Å²) in [6.45, 7) is 0.384. The molecular weight excluding hydrogens is 234 g/mol. The van der Waals surface area contributed by atoms with Gasteiger partial charge in [-0.25, -0.2) is 0 Å². The number of methoxy groups -OCH3 is 1. The minimum atomic E-state index is -0.364. The second-order valence-corrected chi connectivity index (χ2v) is 3.59. The molecule has 18 heavy (non-hydrogen) atoms. The molecule has 0 saturated carbocycles. The Hall–Kier alpha value is -2.57. The first-order valence-electron chi connectivity index (χ1n) is 5.28. The van der Waals surface area contributed by atoms with Gasteiger partial charge in [0.1, 0.15) is 5.75 Å². The second-order valence-electron chi connectivity index (χ2n) is 3.59. The van der Waals surface area contributed by atoms with Crippen LogP contribution in [0.15, 0.2) is 24.3 Å². The number of hydrogen-bond donors (Lipinski definition) is 3. The summed E-state index contributed by atoms with van der Waals surface area (Å²) in [5.74, 6) is 0.491. The number of benzene rings is 1. The molecule has 94 valence electrons. The van der Waals surface area contributed by atoms with Crippen LogP contribution in [0.1, 0.15) is 16.1 Å². The average molecular weight is 247 g/mol. The van der Waals surface area contributed by atoms with E-state index < -0.39 is 0 Å². The van der Waals surface area contributed by atoms with Crippen LogP contribution in [0.5, 0.6) is 5.75 Å². The third kappa shape index (κ3) is 2.57. The van der Waals surface area contributed by atoms with E-state index in [-0.39, 0.29) is 17.4 Å². The van der Waals surface area contributed by atoms with Crippen molar-refractivity contribution in [2.45, 2.75) is 6.54 Å². The zero-order valence-corrected chi connectivity index (χ0v) is 9.80. The Morgan fingerprint density at radius 1 is 1.39 bits per heavy atom. The van der Waals surface area contributed by atoms with Gasteiger partial charge in [0, 0.05) is 6.54 Å². The van der Waals surface area contributed by atoms with Crippen LogP contribution in [0.25, 0.3) is 0 Å². The van der Waals surface area contributed by atoms with Crippen LogP contribution in [0, 0.1) is 0 Å². The molecule has 0 saturated heterocycles. The molecule has 0 fully saturated rings. The number of nitrogens with two attached hydrogens (primary N) is 1. The van der Waals surface area contributed by atoms with E-state index in [1.807, 2.05) is 24.3 Å². The van der Waals surface area contributed by atoms with E-state index in [0.29, 0.717) is 6.54 Å². The van der Waals surface area contributed by atoms with E-state index in [2.05, 4.69) is 20.7 Å². The average Bonchev–Trinajstić information content (AvgIpc) is 2.83. The molecule has 1 aromatic carbocycles.